The highest BCUT2D eigenvalue weighted by Gasteiger charge is 2.03. The second-order valence-corrected chi connectivity index (χ2v) is 3.84. The van der Waals surface area contributed by atoms with E-state index in [0.29, 0.717) is 24.6 Å². The van der Waals surface area contributed by atoms with E-state index in [0.717, 1.165) is 5.52 Å². The zero-order valence-corrected chi connectivity index (χ0v) is 9.47. The highest BCUT2D eigenvalue weighted by Crippen LogP contribution is 2.15. The molecule has 0 fully saturated rings. The number of hydrogen-bond donors (Lipinski definition) is 2. The number of nitrogens with one attached hydrogen (secondary N) is 2. The molecule has 0 saturated carbocycles. The van der Waals surface area contributed by atoms with Crippen LogP contribution in [-0.2, 0) is 6.54 Å². The molecule has 0 aliphatic carbocycles. The van der Waals surface area contributed by atoms with E-state index in [1.807, 2.05) is 0 Å². The van der Waals surface area contributed by atoms with E-state index in [2.05, 4.69) is 25.6 Å². The van der Waals surface area contributed by atoms with Crippen molar-refractivity contribution in [1.82, 2.24) is 25.0 Å². The zero-order valence-electron chi connectivity index (χ0n) is 9.47. The first-order valence-corrected chi connectivity index (χ1v) is 5.54. The van der Waals surface area contributed by atoms with Crippen LogP contribution in [0.3, 0.4) is 0 Å². The summed E-state index contributed by atoms with van der Waals surface area (Å²) in [4.78, 5) is 7.30. The molecule has 0 atom stereocenters. The van der Waals surface area contributed by atoms with Crippen LogP contribution in [0.4, 0.5) is 10.3 Å². The van der Waals surface area contributed by atoms with Crippen LogP contribution in [0.15, 0.2) is 30.6 Å². The molecule has 0 aliphatic heterocycles. The summed E-state index contributed by atoms with van der Waals surface area (Å²) in [6, 6.07) is 4.46. The second kappa shape index (κ2) is 4.44. The SMILES string of the molecule is Fc1ccc2nc(NCCn3ccnn3)[nH]c2c1. The van der Waals surface area contributed by atoms with Gasteiger partial charge in [-0.1, -0.05) is 5.21 Å². The van der Waals surface area contributed by atoms with E-state index in [1.165, 1.54) is 12.1 Å². The molecule has 0 spiro atoms. The van der Waals surface area contributed by atoms with Gasteiger partial charge in [0.1, 0.15) is 5.82 Å². The smallest absolute Gasteiger partial charge is 0.201 e. The van der Waals surface area contributed by atoms with Crippen LogP contribution >= 0.6 is 0 Å². The molecule has 3 aromatic rings. The first-order valence-electron chi connectivity index (χ1n) is 5.54. The van der Waals surface area contributed by atoms with Gasteiger partial charge in [0.15, 0.2) is 0 Å². The third-order valence-corrected chi connectivity index (χ3v) is 2.55. The van der Waals surface area contributed by atoms with Gasteiger partial charge in [-0.05, 0) is 18.2 Å². The van der Waals surface area contributed by atoms with Crippen LogP contribution in [0.25, 0.3) is 11.0 Å². The Hall–Kier alpha value is -2.44. The number of nitrogens with zero attached hydrogens (tertiary/aromatic N) is 4. The molecule has 2 N–H and O–H groups in total. The lowest BCUT2D eigenvalue weighted by Gasteiger charge is -2.01. The number of anilines is 1. The van der Waals surface area contributed by atoms with Crippen LogP contribution in [0.1, 0.15) is 0 Å². The van der Waals surface area contributed by atoms with Gasteiger partial charge in [-0.15, -0.1) is 5.10 Å². The summed E-state index contributed by atoms with van der Waals surface area (Å²) in [5.41, 5.74) is 1.41. The summed E-state index contributed by atoms with van der Waals surface area (Å²) in [5, 5.41) is 10.7. The van der Waals surface area contributed by atoms with Crippen LogP contribution < -0.4 is 5.32 Å². The van der Waals surface area contributed by atoms with E-state index < -0.39 is 0 Å². The lowest BCUT2D eigenvalue weighted by atomic mass is 10.3. The molecule has 0 unspecified atom stereocenters. The molecule has 0 radical (unpaired) electrons. The minimum absolute atomic E-state index is 0.277. The van der Waals surface area contributed by atoms with E-state index in [1.54, 1.807) is 23.1 Å². The minimum Gasteiger partial charge on any atom is -0.354 e. The molecule has 6 nitrogen and oxygen atoms in total. The van der Waals surface area contributed by atoms with E-state index in [9.17, 15) is 4.39 Å². The Morgan fingerprint density at radius 2 is 2.33 bits per heavy atom. The number of H-pyrrole nitrogens is 1. The number of benzene rings is 1. The van der Waals surface area contributed by atoms with Gasteiger partial charge in [-0.25, -0.2) is 9.37 Å². The van der Waals surface area contributed by atoms with Crippen molar-refractivity contribution in [2.24, 2.45) is 0 Å². The largest absolute Gasteiger partial charge is 0.354 e. The molecular weight excluding hydrogens is 235 g/mol. The predicted octanol–water partition coefficient (Wildman–Crippen LogP) is 1.41. The van der Waals surface area contributed by atoms with Gasteiger partial charge in [0, 0.05) is 12.7 Å². The van der Waals surface area contributed by atoms with E-state index >= 15 is 0 Å². The first kappa shape index (κ1) is 10.7. The van der Waals surface area contributed by atoms with E-state index in [-0.39, 0.29) is 5.82 Å². The summed E-state index contributed by atoms with van der Waals surface area (Å²) in [6.07, 6.45) is 3.42. The first-order chi connectivity index (χ1) is 8.81. The fourth-order valence-electron chi connectivity index (χ4n) is 1.71. The lowest BCUT2D eigenvalue weighted by molar-refractivity contribution is 0.608. The number of aromatic nitrogens is 5. The minimum atomic E-state index is -0.277. The maximum atomic E-state index is 13.0. The van der Waals surface area contributed by atoms with Crippen molar-refractivity contribution in [2.75, 3.05) is 11.9 Å². The molecule has 92 valence electrons. The van der Waals surface area contributed by atoms with Crippen LogP contribution in [-0.4, -0.2) is 31.5 Å². The fourth-order valence-corrected chi connectivity index (χ4v) is 1.71. The number of fused-ring (bicyclic) bond motifs is 1. The van der Waals surface area contributed by atoms with Gasteiger partial charge < -0.3 is 10.3 Å². The standard InChI is InChI=1S/C11H11FN6/c12-8-1-2-9-10(7-8)16-11(15-9)13-3-5-18-6-4-14-17-18/h1-2,4,6-7H,3,5H2,(H2,13,15,16). The van der Waals surface area contributed by atoms with Gasteiger partial charge in [-0.2, -0.15) is 0 Å². The average molecular weight is 246 g/mol. The average Bonchev–Trinajstić information content (AvgIpc) is 2.97. The third-order valence-electron chi connectivity index (χ3n) is 2.55. The van der Waals surface area contributed by atoms with Crippen molar-refractivity contribution >= 4 is 17.0 Å². The summed E-state index contributed by atoms with van der Waals surface area (Å²) >= 11 is 0. The Morgan fingerprint density at radius 3 is 3.17 bits per heavy atom. The Balaban J connectivity index is 1.67. The molecule has 2 aromatic heterocycles. The quantitative estimate of drug-likeness (QED) is 0.730. The molecule has 0 aliphatic rings. The number of aromatic amines is 1. The molecule has 7 heteroatoms. The molecule has 0 bridgehead atoms. The molecular formula is C11H11FN6. The molecule has 3 rings (SSSR count). The summed E-state index contributed by atoms with van der Waals surface area (Å²) in [7, 11) is 0. The Bertz CT molecular complexity index is 645. The highest BCUT2D eigenvalue weighted by molar-refractivity contribution is 5.77. The van der Waals surface area contributed by atoms with Gasteiger partial charge in [0.05, 0.1) is 23.8 Å². The lowest BCUT2D eigenvalue weighted by Crippen LogP contribution is -2.11. The highest BCUT2D eigenvalue weighted by atomic mass is 19.1. The second-order valence-electron chi connectivity index (χ2n) is 3.84. The number of rotatable bonds is 4. The van der Waals surface area contributed by atoms with Crippen molar-refractivity contribution in [3.05, 3.63) is 36.4 Å². The van der Waals surface area contributed by atoms with Crippen molar-refractivity contribution in [2.45, 2.75) is 6.54 Å². The van der Waals surface area contributed by atoms with Gasteiger partial charge in [0.25, 0.3) is 0 Å². The number of hydrogen-bond acceptors (Lipinski definition) is 4. The Labute approximate surface area is 102 Å². The summed E-state index contributed by atoms with van der Waals surface area (Å²) < 4.78 is 14.7. The van der Waals surface area contributed by atoms with Crippen molar-refractivity contribution < 1.29 is 4.39 Å². The van der Waals surface area contributed by atoms with E-state index in [4.69, 9.17) is 0 Å². The number of halogens is 1. The summed E-state index contributed by atoms with van der Waals surface area (Å²) in [6.45, 7) is 1.34. The molecule has 18 heavy (non-hydrogen) atoms. The Morgan fingerprint density at radius 1 is 1.39 bits per heavy atom. The fraction of sp³-hybridized carbons (Fsp3) is 0.182. The van der Waals surface area contributed by atoms with Crippen molar-refractivity contribution in [3.8, 4) is 0 Å². The zero-order chi connectivity index (χ0) is 12.4. The topological polar surface area (TPSA) is 71.4 Å². The van der Waals surface area contributed by atoms with Gasteiger partial charge in [-0.3, -0.25) is 4.68 Å². The Kier molecular flexibility index (Phi) is 2.64. The van der Waals surface area contributed by atoms with Crippen LogP contribution in [0, 0.1) is 5.82 Å². The molecule has 0 saturated heterocycles. The maximum absolute atomic E-state index is 13.0. The summed E-state index contributed by atoms with van der Waals surface area (Å²) in [5.74, 6) is 0.344. The molecule has 2 heterocycles. The van der Waals surface area contributed by atoms with Gasteiger partial charge in [0.2, 0.25) is 5.95 Å². The maximum Gasteiger partial charge on any atom is 0.201 e. The monoisotopic (exact) mass is 246 g/mol. The number of imidazole rings is 1. The van der Waals surface area contributed by atoms with Gasteiger partial charge >= 0.3 is 0 Å². The predicted molar refractivity (Wildman–Crippen MR) is 64.6 cm³/mol. The van der Waals surface area contributed by atoms with Crippen molar-refractivity contribution in [1.29, 1.82) is 0 Å². The van der Waals surface area contributed by atoms with Crippen molar-refractivity contribution in [3.63, 3.8) is 0 Å². The van der Waals surface area contributed by atoms with Crippen LogP contribution in [0.5, 0.6) is 0 Å². The molecule has 1 aromatic carbocycles. The third kappa shape index (κ3) is 2.15. The van der Waals surface area contributed by atoms with Crippen LogP contribution in [0.2, 0.25) is 0 Å². The molecule has 0 amide bonds. The normalized spacial score (nSPS) is 10.9.